The molecule has 0 bridgehead atoms. The Labute approximate surface area is 348 Å². The van der Waals surface area contributed by atoms with Crippen LogP contribution in [0.1, 0.15) is 0 Å². The largest absolute Gasteiger partial charge is 0.245 e. The first-order valence-electron chi connectivity index (χ1n) is 20.2. The molecule has 0 spiro atoms. The van der Waals surface area contributed by atoms with E-state index < -0.39 is 0 Å². The van der Waals surface area contributed by atoms with Crippen molar-refractivity contribution in [3.63, 3.8) is 0 Å². The standard InChI is InChI=1S/C56H36N4/c1-4-10-37(11-5-1)38-18-24-45(25-19-38)56-59-52(41-14-8-3-9-15-41)36-53(60-56)42-20-16-39(17-21-42)46-26-27-48-35-49(29-28-47(48)34-46)51-33-31-44-23-22-43-30-32-50(40-12-6-2-7-13-40)57-54(43)55(44)58-51/h1-36H. The lowest BCUT2D eigenvalue weighted by atomic mass is 9.97. The lowest BCUT2D eigenvalue weighted by Crippen LogP contribution is -1.96. The van der Waals surface area contributed by atoms with Crippen LogP contribution in [0.2, 0.25) is 0 Å². The molecule has 0 aliphatic carbocycles. The number of hydrogen-bond acceptors (Lipinski definition) is 4. The van der Waals surface area contributed by atoms with Gasteiger partial charge < -0.3 is 0 Å². The van der Waals surface area contributed by atoms with Crippen LogP contribution in [0.5, 0.6) is 0 Å². The summed E-state index contributed by atoms with van der Waals surface area (Å²) in [5.41, 5.74) is 15.3. The summed E-state index contributed by atoms with van der Waals surface area (Å²) < 4.78 is 0. The smallest absolute Gasteiger partial charge is 0.160 e. The van der Waals surface area contributed by atoms with Gasteiger partial charge in [0, 0.05) is 38.6 Å². The summed E-state index contributed by atoms with van der Waals surface area (Å²) in [4.78, 5) is 20.4. The van der Waals surface area contributed by atoms with E-state index >= 15 is 0 Å². The van der Waals surface area contributed by atoms with Gasteiger partial charge in [0.2, 0.25) is 0 Å². The van der Waals surface area contributed by atoms with E-state index in [1.165, 1.54) is 10.9 Å². The van der Waals surface area contributed by atoms with Gasteiger partial charge in [-0.15, -0.1) is 0 Å². The van der Waals surface area contributed by atoms with Gasteiger partial charge >= 0.3 is 0 Å². The van der Waals surface area contributed by atoms with Gasteiger partial charge in [-0.25, -0.2) is 19.9 Å². The predicted octanol–water partition coefficient (Wildman–Crippen LogP) is 14.4. The number of aromatic nitrogens is 4. The van der Waals surface area contributed by atoms with E-state index in [9.17, 15) is 0 Å². The average molecular weight is 765 g/mol. The molecule has 0 atom stereocenters. The summed E-state index contributed by atoms with van der Waals surface area (Å²) in [6, 6.07) is 76.4. The first kappa shape index (κ1) is 35.1. The lowest BCUT2D eigenvalue weighted by molar-refractivity contribution is 1.18. The van der Waals surface area contributed by atoms with Crippen molar-refractivity contribution in [2.75, 3.05) is 0 Å². The molecule has 0 unspecified atom stereocenters. The summed E-state index contributed by atoms with van der Waals surface area (Å²) in [5, 5.41) is 4.49. The summed E-state index contributed by atoms with van der Waals surface area (Å²) in [5.74, 6) is 0.699. The first-order chi connectivity index (χ1) is 29.7. The molecule has 0 aliphatic rings. The van der Waals surface area contributed by atoms with E-state index in [1.807, 2.05) is 42.5 Å². The third-order valence-electron chi connectivity index (χ3n) is 11.3. The normalized spacial score (nSPS) is 11.3. The maximum absolute atomic E-state index is 5.20. The zero-order valence-corrected chi connectivity index (χ0v) is 32.6. The second-order valence-electron chi connectivity index (χ2n) is 15.1. The molecule has 60 heavy (non-hydrogen) atoms. The highest BCUT2D eigenvalue weighted by Crippen LogP contribution is 2.34. The van der Waals surface area contributed by atoms with E-state index in [0.29, 0.717) is 5.82 Å². The van der Waals surface area contributed by atoms with Gasteiger partial charge in [-0.05, 0) is 63.4 Å². The van der Waals surface area contributed by atoms with Crippen LogP contribution in [0.4, 0.5) is 0 Å². The van der Waals surface area contributed by atoms with Crippen LogP contribution < -0.4 is 0 Å². The number of fused-ring (bicyclic) bond motifs is 4. The van der Waals surface area contributed by atoms with E-state index in [2.05, 4.69) is 176 Å². The Hall–Kier alpha value is -8.08. The van der Waals surface area contributed by atoms with Gasteiger partial charge in [0.1, 0.15) is 0 Å². The van der Waals surface area contributed by atoms with Crippen LogP contribution in [-0.4, -0.2) is 19.9 Å². The van der Waals surface area contributed by atoms with Crippen molar-refractivity contribution in [2.45, 2.75) is 0 Å². The van der Waals surface area contributed by atoms with Crippen molar-refractivity contribution in [1.29, 1.82) is 0 Å². The molecule has 0 saturated carbocycles. The van der Waals surface area contributed by atoms with Crippen LogP contribution in [0, 0.1) is 0 Å². The molecule has 0 radical (unpaired) electrons. The number of pyridine rings is 2. The lowest BCUT2D eigenvalue weighted by Gasteiger charge is -2.11. The van der Waals surface area contributed by atoms with Gasteiger partial charge in [0.15, 0.2) is 5.82 Å². The Kier molecular flexibility index (Phi) is 8.79. The molecule has 11 rings (SSSR count). The Balaban J connectivity index is 0.893. The minimum absolute atomic E-state index is 0.699. The highest BCUT2D eigenvalue weighted by molar-refractivity contribution is 6.04. The van der Waals surface area contributed by atoms with E-state index in [-0.39, 0.29) is 0 Å². The molecule has 0 saturated heterocycles. The number of benzene rings is 8. The van der Waals surface area contributed by atoms with Crippen molar-refractivity contribution in [2.24, 2.45) is 0 Å². The van der Waals surface area contributed by atoms with Crippen LogP contribution >= 0.6 is 0 Å². The summed E-state index contributed by atoms with van der Waals surface area (Å²) >= 11 is 0. The topological polar surface area (TPSA) is 51.6 Å². The summed E-state index contributed by atoms with van der Waals surface area (Å²) in [6.07, 6.45) is 0. The van der Waals surface area contributed by atoms with Crippen LogP contribution in [0.25, 0.3) is 111 Å². The van der Waals surface area contributed by atoms with E-state index in [0.717, 1.165) is 94.5 Å². The highest BCUT2D eigenvalue weighted by atomic mass is 14.9. The molecular formula is C56H36N4. The fourth-order valence-electron chi connectivity index (χ4n) is 8.04. The molecule has 3 aromatic heterocycles. The van der Waals surface area contributed by atoms with Gasteiger partial charge in [0.25, 0.3) is 0 Å². The highest BCUT2D eigenvalue weighted by Gasteiger charge is 2.13. The van der Waals surface area contributed by atoms with Crippen LogP contribution in [0.3, 0.4) is 0 Å². The Bertz CT molecular complexity index is 3330. The first-order valence-corrected chi connectivity index (χ1v) is 20.2. The van der Waals surface area contributed by atoms with E-state index in [4.69, 9.17) is 19.9 Å². The molecular weight excluding hydrogens is 729 g/mol. The number of rotatable bonds is 7. The zero-order chi connectivity index (χ0) is 39.8. The molecule has 4 heteroatoms. The number of nitrogens with zero attached hydrogens (tertiary/aromatic N) is 4. The van der Waals surface area contributed by atoms with Gasteiger partial charge in [0.05, 0.1) is 33.8 Å². The maximum Gasteiger partial charge on any atom is 0.160 e. The summed E-state index contributed by atoms with van der Waals surface area (Å²) in [7, 11) is 0. The Morgan fingerprint density at radius 2 is 0.550 bits per heavy atom. The molecule has 0 N–H and O–H groups in total. The second kappa shape index (κ2) is 15.0. The monoisotopic (exact) mass is 764 g/mol. The second-order valence-corrected chi connectivity index (χ2v) is 15.1. The average Bonchev–Trinajstić information content (AvgIpc) is 3.34. The predicted molar refractivity (Wildman–Crippen MR) is 248 cm³/mol. The molecule has 280 valence electrons. The molecule has 3 heterocycles. The van der Waals surface area contributed by atoms with Crippen molar-refractivity contribution in [1.82, 2.24) is 19.9 Å². The molecule has 0 amide bonds. The molecule has 8 aromatic carbocycles. The molecule has 4 nitrogen and oxygen atoms in total. The number of hydrogen-bond donors (Lipinski definition) is 0. The van der Waals surface area contributed by atoms with Gasteiger partial charge in [-0.3, -0.25) is 0 Å². The van der Waals surface area contributed by atoms with Gasteiger partial charge in [-0.1, -0.05) is 188 Å². The van der Waals surface area contributed by atoms with Crippen molar-refractivity contribution in [3.05, 3.63) is 218 Å². The molecule has 0 fully saturated rings. The Morgan fingerprint density at radius 3 is 1.12 bits per heavy atom. The SMILES string of the molecule is c1ccc(-c2ccc(-c3nc(-c4ccccc4)cc(-c4ccc(-c5ccc6cc(-c7ccc8ccc9ccc(-c%10ccccc%10)nc9c8n7)ccc6c5)cc4)n3)cc2)cc1. The maximum atomic E-state index is 5.20. The minimum atomic E-state index is 0.699. The zero-order valence-electron chi connectivity index (χ0n) is 32.6. The van der Waals surface area contributed by atoms with Crippen LogP contribution in [-0.2, 0) is 0 Å². The van der Waals surface area contributed by atoms with Crippen LogP contribution in [0.15, 0.2) is 218 Å². The minimum Gasteiger partial charge on any atom is -0.245 e. The third-order valence-corrected chi connectivity index (χ3v) is 11.3. The summed E-state index contributed by atoms with van der Waals surface area (Å²) in [6.45, 7) is 0. The Morgan fingerprint density at radius 1 is 0.200 bits per heavy atom. The van der Waals surface area contributed by atoms with Crippen molar-refractivity contribution < 1.29 is 0 Å². The van der Waals surface area contributed by atoms with E-state index in [1.54, 1.807) is 0 Å². The fourth-order valence-corrected chi connectivity index (χ4v) is 8.04. The quantitative estimate of drug-likeness (QED) is 0.152. The molecule has 11 aromatic rings. The van der Waals surface area contributed by atoms with Crippen molar-refractivity contribution >= 4 is 32.6 Å². The fraction of sp³-hybridized carbons (Fsp3) is 0. The van der Waals surface area contributed by atoms with Gasteiger partial charge in [-0.2, -0.15) is 0 Å². The third kappa shape index (κ3) is 6.76. The molecule has 0 aliphatic heterocycles. The van der Waals surface area contributed by atoms with Crippen molar-refractivity contribution in [3.8, 4) is 78.7 Å².